The lowest BCUT2D eigenvalue weighted by Gasteiger charge is -2.29. The van der Waals surface area contributed by atoms with Crippen LogP contribution in [0.2, 0.25) is 0 Å². The minimum absolute atomic E-state index is 0.00317. The molecule has 0 aromatic heterocycles. The normalized spacial score (nSPS) is 13.5. The van der Waals surface area contributed by atoms with Crippen LogP contribution in [0.5, 0.6) is 0 Å². The standard InChI is InChI=1S/C80H161N2O6P/c1-6-8-10-12-14-16-18-20-22-24-26-28-30-32-34-36-37-38-39-40-41-42-43-44-46-48-50-52-54-56-58-60-62-64-66-68-70-72-74-80(84)81-78(77-88-89(85,86)87-76-75-82(3,4)5)79(83)73-71-69-67-65-63-61-59-57-55-53-51-49-47-45-35-33-31-29-27-25-23-21-19-17-15-13-11-9-7-2/h71,73,78-79,83H,6-70,72,74-77H2,1-5H3,(H-,81,84,85,86)/b73-71+. The molecular formula is C80H161N2O6P. The van der Waals surface area contributed by atoms with Gasteiger partial charge in [-0.2, -0.15) is 0 Å². The molecule has 1 amide bonds. The number of unbranched alkanes of at least 4 members (excludes halogenated alkanes) is 64. The minimum atomic E-state index is -4.60. The Kier molecular flexibility index (Phi) is 70.9. The van der Waals surface area contributed by atoms with Gasteiger partial charge in [0.2, 0.25) is 5.91 Å². The Bertz CT molecular complexity index is 1460. The highest BCUT2D eigenvalue weighted by molar-refractivity contribution is 7.45. The Labute approximate surface area is 558 Å². The second-order valence-electron chi connectivity index (χ2n) is 29.5. The molecule has 0 saturated heterocycles. The first kappa shape index (κ1) is 88.2. The molecule has 0 rings (SSSR count). The number of aliphatic hydroxyl groups excluding tert-OH is 1. The van der Waals surface area contributed by atoms with Gasteiger partial charge in [-0.15, -0.1) is 0 Å². The average molecular weight is 1280 g/mol. The fourth-order valence-electron chi connectivity index (χ4n) is 13.0. The van der Waals surface area contributed by atoms with Crippen molar-refractivity contribution >= 4 is 13.7 Å². The number of amides is 1. The number of phosphoric acid groups is 1. The third-order valence-corrected chi connectivity index (χ3v) is 20.2. The fraction of sp³-hybridized carbons (Fsp3) is 0.963. The van der Waals surface area contributed by atoms with Gasteiger partial charge in [0.05, 0.1) is 39.9 Å². The van der Waals surface area contributed by atoms with Crippen molar-refractivity contribution in [3.8, 4) is 0 Å². The van der Waals surface area contributed by atoms with E-state index in [2.05, 4.69) is 19.2 Å². The summed E-state index contributed by atoms with van der Waals surface area (Å²) in [6.07, 6.45) is 93.9. The molecule has 532 valence electrons. The maximum atomic E-state index is 13.1. The third-order valence-electron chi connectivity index (χ3n) is 19.2. The summed E-state index contributed by atoms with van der Waals surface area (Å²) in [5.74, 6) is -0.185. The van der Waals surface area contributed by atoms with Crippen LogP contribution >= 0.6 is 7.82 Å². The van der Waals surface area contributed by atoms with Gasteiger partial charge in [0, 0.05) is 6.42 Å². The van der Waals surface area contributed by atoms with Gasteiger partial charge in [0.15, 0.2) is 0 Å². The number of likely N-dealkylation sites (N-methyl/N-ethyl adjacent to an activating group) is 1. The second kappa shape index (κ2) is 71.5. The Hall–Kier alpha value is -0.760. The zero-order chi connectivity index (χ0) is 64.8. The second-order valence-corrected chi connectivity index (χ2v) is 30.9. The van der Waals surface area contributed by atoms with E-state index in [1.54, 1.807) is 6.08 Å². The number of phosphoric ester groups is 1. The van der Waals surface area contributed by atoms with Crippen LogP contribution < -0.4 is 10.2 Å². The summed E-state index contributed by atoms with van der Waals surface area (Å²) in [7, 11) is 1.29. The van der Waals surface area contributed by atoms with Crippen LogP contribution in [-0.2, 0) is 18.4 Å². The van der Waals surface area contributed by atoms with Gasteiger partial charge in [0.1, 0.15) is 13.2 Å². The number of nitrogens with zero attached hydrogens (tertiary/aromatic N) is 1. The van der Waals surface area contributed by atoms with E-state index in [1.807, 2.05) is 27.2 Å². The number of hydrogen-bond donors (Lipinski definition) is 2. The molecule has 0 spiro atoms. The van der Waals surface area contributed by atoms with Gasteiger partial charge in [0.25, 0.3) is 7.82 Å². The van der Waals surface area contributed by atoms with Crippen molar-refractivity contribution in [1.82, 2.24) is 5.32 Å². The molecule has 0 aromatic carbocycles. The molecule has 0 aliphatic heterocycles. The van der Waals surface area contributed by atoms with Crippen molar-refractivity contribution in [2.24, 2.45) is 0 Å². The van der Waals surface area contributed by atoms with Gasteiger partial charge in [-0.25, -0.2) is 0 Å². The number of allylic oxidation sites excluding steroid dienone is 1. The predicted molar refractivity (Wildman–Crippen MR) is 390 cm³/mol. The Balaban J connectivity index is 3.90. The van der Waals surface area contributed by atoms with Crippen LogP contribution in [0.4, 0.5) is 0 Å². The lowest BCUT2D eigenvalue weighted by atomic mass is 10.0. The summed E-state index contributed by atoms with van der Waals surface area (Å²) in [5.41, 5.74) is 0. The van der Waals surface area contributed by atoms with Gasteiger partial charge < -0.3 is 28.8 Å². The molecule has 2 N–H and O–H groups in total. The summed E-state index contributed by atoms with van der Waals surface area (Å²) in [4.78, 5) is 25.7. The van der Waals surface area contributed by atoms with Crippen LogP contribution in [0.3, 0.4) is 0 Å². The third kappa shape index (κ3) is 74.5. The van der Waals surface area contributed by atoms with Crippen molar-refractivity contribution in [3.05, 3.63) is 12.2 Å². The lowest BCUT2D eigenvalue weighted by molar-refractivity contribution is -0.870. The molecule has 9 heteroatoms. The highest BCUT2D eigenvalue weighted by Gasteiger charge is 2.23. The molecule has 0 radical (unpaired) electrons. The van der Waals surface area contributed by atoms with E-state index >= 15 is 0 Å². The molecule has 0 aliphatic rings. The van der Waals surface area contributed by atoms with Crippen LogP contribution in [0.15, 0.2) is 12.2 Å². The van der Waals surface area contributed by atoms with E-state index in [4.69, 9.17) is 9.05 Å². The lowest BCUT2D eigenvalue weighted by Crippen LogP contribution is -2.45. The number of nitrogens with one attached hydrogen (secondary N) is 1. The first-order valence-electron chi connectivity index (χ1n) is 40.6. The van der Waals surface area contributed by atoms with E-state index < -0.39 is 20.0 Å². The molecule has 3 atom stereocenters. The molecule has 0 aliphatic carbocycles. The van der Waals surface area contributed by atoms with E-state index in [-0.39, 0.29) is 19.1 Å². The Morgan fingerprint density at radius 3 is 0.843 bits per heavy atom. The first-order chi connectivity index (χ1) is 43.5. The van der Waals surface area contributed by atoms with Crippen molar-refractivity contribution in [3.63, 3.8) is 0 Å². The number of quaternary nitrogens is 1. The molecule has 0 fully saturated rings. The maximum Gasteiger partial charge on any atom is 0.268 e. The molecule has 3 unspecified atom stereocenters. The number of carbonyl (C=O) groups is 1. The SMILES string of the molecule is CCCCCCCCCCCCCCCCCCCCCCCCCCCCC/C=C/C(O)C(COP(=O)([O-])OCC[N+](C)(C)C)NC(=O)CCCCCCCCCCCCCCCCCCCCCCCCCCCCCCCCCCCCCCCC. The molecule has 0 bridgehead atoms. The monoisotopic (exact) mass is 1280 g/mol. The summed E-state index contributed by atoms with van der Waals surface area (Å²) in [6.45, 7) is 4.74. The van der Waals surface area contributed by atoms with Crippen LogP contribution in [-0.4, -0.2) is 68.5 Å². The smallest absolute Gasteiger partial charge is 0.268 e. The molecular weight excluding hydrogens is 1120 g/mol. The van der Waals surface area contributed by atoms with Crippen molar-refractivity contribution in [2.75, 3.05) is 40.9 Å². The summed E-state index contributed by atoms with van der Waals surface area (Å²) in [6, 6.07) is -0.885. The van der Waals surface area contributed by atoms with Crippen molar-refractivity contribution in [1.29, 1.82) is 0 Å². The Morgan fingerprint density at radius 1 is 0.382 bits per heavy atom. The summed E-state index contributed by atoms with van der Waals surface area (Å²) in [5, 5.41) is 14.0. The zero-order valence-electron chi connectivity index (χ0n) is 61.2. The van der Waals surface area contributed by atoms with Crippen molar-refractivity contribution in [2.45, 2.75) is 456 Å². The molecule has 0 heterocycles. The quantitative estimate of drug-likeness (QED) is 0.0272. The largest absolute Gasteiger partial charge is 0.756 e. The van der Waals surface area contributed by atoms with Gasteiger partial charge in [-0.3, -0.25) is 9.36 Å². The first-order valence-corrected chi connectivity index (χ1v) is 42.0. The van der Waals surface area contributed by atoms with Gasteiger partial charge in [-0.05, 0) is 19.3 Å². The minimum Gasteiger partial charge on any atom is -0.756 e. The number of hydrogen-bond acceptors (Lipinski definition) is 6. The van der Waals surface area contributed by atoms with E-state index in [0.717, 1.165) is 38.5 Å². The van der Waals surface area contributed by atoms with Crippen LogP contribution in [0.25, 0.3) is 0 Å². The number of carbonyl (C=O) groups excluding carboxylic acids is 1. The van der Waals surface area contributed by atoms with E-state index in [9.17, 15) is 19.4 Å². The highest BCUT2D eigenvalue weighted by Crippen LogP contribution is 2.38. The summed E-state index contributed by atoms with van der Waals surface area (Å²) < 4.78 is 23.5. The van der Waals surface area contributed by atoms with Crippen molar-refractivity contribution < 1.29 is 32.9 Å². The molecule has 0 saturated carbocycles. The van der Waals surface area contributed by atoms with E-state index in [1.165, 1.54) is 385 Å². The molecule has 0 aromatic rings. The van der Waals surface area contributed by atoms with Crippen LogP contribution in [0.1, 0.15) is 444 Å². The molecule has 89 heavy (non-hydrogen) atoms. The van der Waals surface area contributed by atoms with Gasteiger partial charge >= 0.3 is 0 Å². The predicted octanol–water partition coefficient (Wildman–Crippen LogP) is 25.8. The summed E-state index contributed by atoms with van der Waals surface area (Å²) >= 11 is 0. The number of rotatable bonds is 77. The van der Waals surface area contributed by atoms with Gasteiger partial charge in [-0.1, -0.05) is 431 Å². The average Bonchev–Trinajstić information content (AvgIpc) is 3.60. The Morgan fingerprint density at radius 2 is 0.607 bits per heavy atom. The van der Waals surface area contributed by atoms with E-state index in [0.29, 0.717) is 17.4 Å². The zero-order valence-corrected chi connectivity index (χ0v) is 62.1. The topological polar surface area (TPSA) is 108 Å². The molecule has 8 nitrogen and oxygen atoms in total. The number of aliphatic hydroxyl groups is 1. The fourth-order valence-corrected chi connectivity index (χ4v) is 13.7. The van der Waals surface area contributed by atoms with Crippen LogP contribution in [0, 0.1) is 0 Å². The maximum absolute atomic E-state index is 13.1. The highest BCUT2D eigenvalue weighted by atomic mass is 31.2.